The van der Waals surface area contributed by atoms with Crippen LogP contribution in [0.2, 0.25) is 0 Å². The number of benzene rings is 2. The zero-order valence-electron chi connectivity index (χ0n) is 14.6. The van der Waals surface area contributed by atoms with E-state index in [1.54, 1.807) is 19.1 Å². The molecule has 5 heteroatoms. The average Bonchev–Trinajstić information content (AvgIpc) is 2.55. The normalized spacial score (nSPS) is 13.7. The number of hydrogen-bond acceptors (Lipinski definition) is 3. The predicted octanol–water partition coefficient (Wildman–Crippen LogP) is 3.40. The molecule has 0 saturated heterocycles. The molecule has 1 heterocycles. The molecule has 2 aromatic carbocycles. The molecule has 3 rings (SSSR count). The minimum absolute atomic E-state index is 0.0621. The SMILES string of the molecule is COc1ccc(-c2ccc3c(c2)CN(C)C(=O)N3)cc1CN(C)C. The molecular weight excluding hydrogens is 302 g/mol. The standard InChI is InChI=1S/C19H23N3O2/c1-21(2)11-16-10-14(6-8-18(16)24-4)13-5-7-17-15(9-13)12-22(3)19(23)20-17/h5-10H,11-12H2,1-4H3,(H,20,23). The van der Waals surface area contributed by atoms with Crippen LogP contribution in [0.25, 0.3) is 11.1 Å². The van der Waals surface area contributed by atoms with E-state index >= 15 is 0 Å². The van der Waals surface area contributed by atoms with Gasteiger partial charge in [-0.1, -0.05) is 12.1 Å². The first-order valence-electron chi connectivity index (χ1n) is 7.95. The minimum Gasteiger partial charge on any atom is -0.496 e. The number of nitrogens with zero attached hydrogens (tertiary/aromatic N) is 2. The first kappa shape index (κ1) is 16.3. The third kappa shape index (κ3) is 3.21. The Hall–Kier alpha value is -2.53. The lowest BCUT2D eigenvalue weighted by Gasteiger charge is -2.26. The van der Waals surface area contributed by atoms with Gasteiger partial charge in [0.25, 0.3) is 0 Å². The number of anilines is 1. The molecule has 0 unspecified atom stereocenters. The number of amides is 2. The van der Waals surface area contributed by atoms with Crippen molar-refractivity contribution in [2.24, 2.45) is 0 Å². The summed E-state index contributed by atoms with van der Waals surface area (Å²) in [6.07, 6.45) is 0. The Kier molecular flexibility index (Phi) is 4.44. The number of methoxy groups -OCH3 is 1. The zero-order valence-corrected chi connectivity index (χ0v) is 14.6. The highest BCUT2D eigenvalue weighted by Gasteiger charge is 2.19. The molecule has 24 heavy (non-hydrogen) atoms. The second-order valence-electron chi connectivity index (χ2n) is 6.42. The van der Waals surface area contributed by atoms with Crippen molar-refractivity contribution >= 4 is 11.7 Å². The van der Waals surface area contributed by atoms with Crippen molar-refractivity contribution in [1.29, 1.82) is 0 Å². The molecule has 1 N–H and O–H groups in total. The summed E-state index contributed by atoms with van der Waals surface area (Å²) in [5.41, 5.74) is 5.46. The molecule has 1 aliphatic rings. The molecule has 5 nitrogen and oxygen atoms in total. The average molecular weight is 325 g/mol. The van der Waals surface area contributed by atoms with Crippen LogP contribution >= 0.6 is 0 Å². The van der Waals surface area contributed by atoms with Gasteiger partial charge in [0.05, 0.1) is 7.11 Å². The molecule has 0 saturated carbocycles. The Bertz CT molecular complexity index is 771. The highest BCUT2D eigenvalue weighted by molar-refractivity contribution is 5.92. The number of fused-ring (bicyclic) bond motifs is 1. The number of carbonyl (C=O) groups excluding carboxylic acids is 1. The second kappa shape index (κ2) is 6.53. The minimum atomic E-state index is -0.0621. The first-order chi connectivity index (χ1) is 11.5. The van der Waals surface area contributed by atoms with Crippen molar-refractivity contribution in [2.45, 2.75) is 13.1 Å². The summed E-state index contributed by atoms with van der Waals surface area (Å²) in [4.78, 5) is 15.5. The summed E-state index contributed by atoms with van der Waals surface area (Å²) in [7, 11) is 7.59. The third-order valence-electron chi connectivity index (χ3n) is 4.20. The van der Waals surface area contributed by atoms with E-state index in [0.29, 0.717) is 6.54 Å². The van der Waals surface area contributed by atoms with Crippen LogP contribution in [0.4, 0.5) is 10.5 Å². The van der Waals surface area contributed by atoms with E-state index in [9.17, 15) is 4.79 Å². The monoisotopic (exact) mass is 325 g/mol. The molecule has 0 fully saturated rings. The number of nitrogens with one attached hydrogen (secondary N) is 1. The van der Waals surface area contributed by atoms with Gasteiger partial charge in [-0.25, -0.2) is 4.79 Å². The largest absolute Gasteiger partial charge is 0.496 e. The summed E-state index contributed by atoms with van der Waals surface area (Å²) in [5.74, 6) is 0.900. The van der Waals surface area contributed by atoms with Crippen molar-refractivity contribution < 1.29 is 9.53 Å². The van der Waals surface area contributed by atoms with E-state index in [4.69, 9.17) is 4.74 Å². The van der Waals surface area contributed by atoms with Crippen molar-refractivity contribution in [1.82, 2.24) is 9.80 Å². The number of rotatable bonds is 4. The Labute approximate surface area is 142 Å². The van der Waals surface area contributed by atoms with Crippen LogP contribution in [0.5, 0.6) is 5.75 Å². The molecule has 0 aromatic heterocycles. The molecule has 126 valence electrons. The van der Waals surface area contributed by atoms with Gasteiger partial charge < -0.3 is 19.9 Å². The predicted molar refractivity (Wildman–Crippen MR) is 96.3 cm³/mol. The maximum absolute atomic E-state index is 11.7. The van der Waals surface area contributed by atoms with E-state index < -0.39 is 0 Å². The fourth-order valence-corrected chi connectivity index (χ4v) is 2.99. The molecule has 0 aliphatic carbocycles. The molecule has 1 aliphatic heterocycles. The summed E-state index contributed by atoms with van der Waals surface area (Å²) in [5, 5.41) is 2.90. The molecule has 2 amide bonds. The fourth-order valence-electron chi connectivity index (χ4n) is 2.99. The molecule has 0 spiro atoms. The van der Waals surface area contributed by atoms with Crippen LogP contribution in [-0.4, -0.2) is 44.1 Å². The Balaban J connectivity index is 1.97. The number of carbonyl (C=O) groups is 1. The van der Waals surface area contributed by atoms with Crippen molar-refractivity contribution in [3.05, 3.63) is 47.5 Å². The Morgan fingerprint density at radius 1 is 1.17 bits per heavy atom. The van der Waals surface area contributed by atoms with E-state index in [2.05, 4.69) is 28.4 Å². The smallest absolute Gasteiger partial charge is 0.321 e. The summed E-state index contributed by atoms with van der Waals surface area (Å²) >= 11 is 0. The second-order valence-corrected chi connectivity index (χ2v) is 6.42. The van der Waals surface area contributed by atoms with Gasteiger partial charge in [0.2, 0.25) is 0 Å². The third-order valence-corrected chi connectivity index (χ3v) is 4.20. The van der Waals surface area contributed by atoms with Crippen LogP contribution < -0.4 is 10.1 Å². The molecule has 2 aromatic rings. The van der Waals surface area contributed by atoms with Gasteiger partial charge in [-0.2, -0.15) is 0 Å². The van der Waals surface area contributed by atoms with Gasteiger partial charge >= 0.3 is 6.03 Å². The summed E-state index contributed by atoms with van der Waals surface area (Å²) in [6.45, 7) is 1.44. The zero-order chi connectivity index (χ0) is 17.3. The Morgan fingerprint density at radius 2 is 1.88 bits per heavy atom. The summed E-state index contributed by atoms with van der Waals surface area (Å²) in [6, 6.07) is 12.4. The highest BCUT2D eigenvalue weighted by atomic mass is 16.5. The van der Waals surface area contributed by atoms with Gasteiger partial charge in [0.1, 0.15) is 5.75 Å². The van der Waals surface area contributed by atoms with E-state index in [1.807, 2.05) is 32.3 Å². The van der Waals surface area contributed by atoms with Gasteiger partial charge in [-0.15, -0.1) is 0 Å². The lowest BCUT2D eigenvalue weighted by Crippen LogP contribution is -2.35. The van der Waals surface area contributed by atoms with E-state index in [0.717, 1.165) is 40.2 Å². The van der Waals surface area contributed by atoms with E-state index in [-0.39, 0.29) is 6.03 Å². The van der Waals surface area contributed by atoms with Crippen LogP contribution in [0.15, 0.2) is 36.4 Å². The molecular formula is C19H23N3O2. The number of ether oxygens (including phenoxy) is 1. The maximum Gasteiger partial charge on any atom is 0.321 e. The first-order valence-corrected chi connectivity index (χ1v) is 7.95. The topological polar surface area (TPSA) is 44.8 Å². The van der Waals surface area contributed by atoms with Crippen LogP contribution in [0.1, 0.15) is 11.1 Å². The van der Waals surface area contributed by atoms with Crippen molar-refractivity contribution in [2.75, 3.05) is 33.6 Å². The molecule has 0 bridgehead atoms. The Morgan fingerprint density at radius 3 is 2.58 bits per heavy atom. The molecule has 0 atom stereocenters. The van der Waals surface area contributed by atoms with Crippen molar-refractivity contribution in [3.8, 4) is 16.9 Å². The van der Waals surface area contributed by atoms with Crippen LogP contribution in [0, 0.1) is 0 Å². The van der Waals surface area contributed by atoms with Crippen LogP contribution in [-0.2, 0) is 13.1 Å². The van der Waals surface area contributed by atoms with Gasteiger partial charge in [-0.3, -0.25) is 0 Å². The lowest BCUT2D eigenvalue weighted by molar-refractivity contribution is 0.218. The van der Waals surface area contributed by atoms with Crippen LogP contribution in [0.3, 0.4) is 0 Å². The summed E-state index contributed by atoms with van der Waals surface area (Å²) < 4.78 is 5.47. The van der Waals surface area contributed by atoms with Gasteiger partial charge in [0.15, 0.2) is 0 Å². The highest BCUT2D eigenvalue weighted by Crippen LogP contribution is 2.31. The maximum atomic E-state index is 11.7. The lowest BCUT2D eigenvalue weighted by atomic mass is 9.98. The molecule has 0 radical (unpaired) electrons. The quantitative estimate of drug-likeness (QED) is 0.937. The van der Waals surface area contributed by atoms with Crippen molar-refractivity contribution in [3.63, 3.8) is 0 Å². The number of hydrogen-bond donors (Lipinski definition) is 1. The number of urea groups is 1. The fraction of sp³-hybridized carbons (Fsp3) is 0.316. The van der Waals surface area contributed by atoms with Gasteiger partial charge in [-0.05, 0) is 55.1 Å². The van der Waals surface area contributed by atoms with Gasteiger partial charge in [0, 0.05) is 31.4 Å². The van der Waals surface area contributed by atoms with E-state index in [1.165, 1.54) is 0 Å².